The van der Waals surface area contributed by atoms with Crippen molar-refractivity contribution in [3.05, 3.63) is 35.7 Å². The minimum atomic E-state index is -3.20. The highest BCUT2D eigenvalue weighted by atomic mass is 32.2. The van der Waals surface area contributed by atoms with Crippen LogP contribution < -0.4 is 10.1 Å². The van der Waals surface area contributed by atoms with Crippen molar-refractivity contribution in [2.24, 2.45) is 0 Å². The molecule has 3 aliphatic rings. The number of nitrogens with one attached hydrogen (secondary N) is 1. The fourth-order valence-electron chi connectivity index (χ4n) is 4.75. The molecule has 162 valence electrons. The van der Waals surface area contributed by atoms with Crippen molar-refractivity contribution in [1.29, 1.82) is 0 Å². The van der Waals surface area contributed by atoms with Gasteiger partial charge in [-0.25, -0.2) is 18.4 Å². The zero-order chi connectivity index (χ0) is 21.8. The molecule has 3 fully saturated rings. The lowest BCUT2D eigenvalue weighted by molar-refractivity contribution is 0.0922. The number of benzene rings is 1. The van der Waals surface area contributed by atoms with Crippen molar-refractivity contribution < 1.29 is 13.2 Å². The summed E-state index contributed by atoms with van der Waals surface area (Å²) in [7, 11) is 2.95. The number of aromatic nitrogens is 2. The van der Waals surface area contributed by atoms with Gasteiger partial charge in [0.25, 0.3) is 0 Å². The Morgan fingerprint density at radius 2 is 1.81 bits per heavy atom. The van der Waals surface area contributed by atoms with Crippen LogP contribution >= 0.6 is 0 Å². The number of anilines is 2. The SMILES string of the molecule is [B]N1C2CC[C@H]1CC(Oc1ncnc(Nc3ccc(S(=O)(=O)C4CC4)cc3C)c1C)C2. The average molecular weight is 438 g/mol. The quantitative estimate of drug-likeness (QED) is 0.694. The number of nitrogens with zero attached hydrogens (tertiary/aromatic N) is 3. The highest BCUT2D eigenvalue weighted by Gasteiger charge is 2.39. The standard InChI is InChI=1S/C22H27BN4O3S/c1-13-9-19(31(28,29)18-5-6-18)7-8-20(13)26-21-14(2)22(25-12-24-21)30-17-10-15-3-4-16(11-17)27(15)23/h7-9,12,15-18H,3-6,10-11H2,1-2H3,(H,24,25,26)/t15-,16?,17?/m0/s1. The molecular weight excluding hydrogens is 411 g/mol. The molecule has 0 amide bonds. The molecule has 2 aromatic rings. The van der Waals surface area contributed by atoms with E-state index in [0.29, 0.717) is 28.7 Å². The Morgan fingerprint density at radius 1 is 1.10 bits per heavy atom. The van der Waals surface area contributed by atoms with Crippen LogP contribution in [0.1, 0.15) is 49.7 Å². The summed E-state index contributed by atoms with van der Waals surface area (Å²) in [5.41, 5.74) is 2.50. The van der Waals surface area contributed by atoms with Crippen LogP contribution in [0.4, 0.5) is 11.5 Å². The van der Waals surface area contributed by atoms with Gasteiger partial charge in [0, 0.05) is 17.8 Å². The Hall–Kier alpha value is -2.13. The number of piperidine rings is 1. The van der Waals surface area contributed by atoms with Crippen molar-refractivity contribution in [1.82, 2.24) is 14.8 Å². The van der Waals surface area contributed by atoms with E-state index in [9.17, 15) is 8.42 Å². The summed E-state index contributed by atoms with van der Waals surface area (Å²) in [6.45, 7) is 3.84. The maximum Gasteiger partial charge on any atom is 0.221 e. The van der Waals surface area contributed by atoms with Crippen LogP contribution in [0.3, 0.4) is 0 Å². The molecule has 1 aromatic carbocycles. The minimum absolute atomic E-state index is 0.104. The van der Waals surface area contributed by atoms with Gasteiger partial charge in [0.1, 0.15) is 18.2 Å². The average Bonchev–Trinajstić information content (AvgIpc) is 3.56. The summed E-state index contributed by atoms with van der Waals surface area (Å²) in [4.78, 5) is 11.1. The van der Waals surface area contributed by atoms with Gasteiger partial charge in [-0.3, -0.25) is 0 Å². The van der Waals surface area contributed by atoms with Crippen LogP contribution in [0, 0.1) is 13.8 Å². The van der Waals surface area contributed by atoms with E-state index in [1.807, 2.05) is 18.7 Å². The lowest BCUT2D eigenvalue weighted by atomic mass is 9.96. The smallest absolute Gasteiger partial charge is 0.221 e. The Balaban J connectivity index is 1.32. The van der Waals surface area contributed by atoms with Crippen molar-refractivity contribution >= 4 is 29.3 Å². The van der Waals surface area contributed by atoms with Gasteiger partial charge in [-0.1, -0.05) is 0 Å². The first-order valence-corrected chi connectivity index (χ1v) is 12.5. The highest BCUT2D eigenvalue weighted by molar-refractivity contribution is 7.92. The summed E-state index contributed by atoms with van der Waals surface area (Å²) in [5, 5.41) is 3.11. The zero-order valence-corrected chi connectivity index (χ0v) is 18.7. The van der Waals surface area contributed by atoms with Gasteiger partial charge in [-0.15, -0.1) is 0 Å². The summed E-state index contributed by atoms with van der Waals surface area (Å²) in [6.07, 6.45) is 7.20. The Morgan fingerprint density at radius 3 is 2.45 bits per heavy atom. The molecule has 3 heterocycles. The fourth-order valence-corrected chi connectivity index (χ4v) is 6.49. The number of rotatable bonds is 6. The molecule has 2 bridgehead atoms. The molecule has 1 aliphatic carbocycles. The topological polar surface area (TPSA) is 84.4 Å². The van der Waals surface area contributed by atoms with Gasteiger partial charge in [-0.05, 0) is 76.1 Å². The summed E-state index contributed by atoms with van der Waals surface area (Å²) < 4.78 is 31.3. The zero-order valence-electron chi connectivity index (χ0n) is 17.9. The van der Waals surface area contributed by atoms with Gasteiger partial charge in [0.15, 0.2) is 17.8 Å². The van der Waals surface area contributed by atoms with E-state index in [4.69, 9.17) is 12.7 Å². The molecule has 1 N–H and O–H groups in total. The van der Waals surface area contributed by atoms with E-state index < -0.39 is 9.84 Å². The molecule has 2 saturated heterocycles. The van der Waals surface area contributed by atoms with E-state index >= 15 is 0 Å². The second-order valence-electron chi connectivity index (χ2n) is 9.04. The van der Waals surface area contributed by atoms with E-state index in [1.54, 1.807) is 18.2 Å². The minimum Gasteiger partial charge on any atom is -0.474 e. The number of ether oxygens (including phenoxy) is 1. The second kappa shape index (κ2) is 7.78. The molecule has 2 aliphatic heterocycles. The third kappa shape index (κ3) is 3.93. The molecule has 31 heavy (non-hydrogen) atoms. The maximum atomic E-state index is 12.5. The van der Waals surface area contributed by atoms with Crippen LogP contribution in [-0.4, -0.2) is 54.6 Å². The van der Waals surface area contributed by atoms with E-state index in [-0.39, 0.29) is 11.4 Å². The van der Waals surface area contributed by atoms with E-state index in [2.05, 4.69) is 15.3 Å². The first-order chi connectivity index (χ1) is 14.8. The number of sulfone groups is 1. The second-order valence-corrected chi connectivity index (χ2v) is 11.3. The number of hydrogen-bond acceptors (Lipinski definition) is 7. The van der Waals surface area contributed by atoms with Gasteiger partial charge in [-0.2, -0.15) is 0 Å². The summed E-state index contributed by atoms with van der Waals surface area (Å²) >= 11 is 0. The summed E-state index contributed by atoms with van der Waals surface area (Å²) in [6, 6.07) is 5.99. The molecule has 3 atom stereocenters. The number of fused-ring (bicyclic) bond motifs is 2. The monoisotopic (exact) mass is 438 g/mol. The van der Waals surface area contributed by atoms with Crippen LogP contribution in [-0.2, 0) is 9.84 Å². The Kier molecular flexibility index (Phi) is 5.21. The van der Waals surface area contributed by atoms with E-state index in [0.717, 1.165) is 55.3 Å². The number of aryl methyl sites for hydroxylation is 1. The fraction of sp³-hybridized carbons (Fsp3) is 0.545. The molecule has 2 radical (unpaired) electrons. The normalized spacial score (nSPS) is 26.1. The predicted molar refractivity (Wildman–Crippen MR) is 119 cm³/mol. The van der Waals surface area contributed by atoms with Crippen molar-refractivity contribution in [2.75, 3.05) is 5.32 Å². The summed E-state index contributed by atoms with van der Waals surface area (Å²) in [5.74, 6) is 1.24. The molecule has 5 rings (SSSR count). The number of hydrogen-bond donors (Lipinski definition) is 1. The van der Waals surface area contributed by atoms with Crippen molar-refractivity contribution in [3.8, 4) is 5.88 Å². The lowest BCUT2D eigenvalue weighted by Crippen LogP contribution is -2.44. The first-order valence-electron chi connectivity index (χ1n) is 11.0. The molecule has 1 saturated carbocycles. The molecular formula is C22H27BN4O3S. The van der Waals surface area contributed by atoms with Crippen molar-refractivity contribution in [2.45, 2.75) is 80.7 Å². The lowest BCUT2D eigenvalue weighted by Gasteiger charge is -2.36. The van der Waals surface area contributed by atoms with E-state index in [1.165, 1.54) is 6.33 Å². The first kappa shape index (κ1) is 20.8. The van der Waals surface area contributed by atoms with Crippen LogP contribution in [0.5, 0.6) is 5.88 Å². The van der Waals surface area contributed by atoms with Gasteiger partial charge < -0.3 is 14.9 Å². The molecule has 7 nitrogen and oxygen atoms in total. The predicted octanol–water partition coefficient (Wildman–Crippen LogP) is 3.23. The Bertz CT molecular complexity index is 1090. The van der Waals surface area contributed by atoms with Gasteiger partial charge >= 0.3 is 0 Å². The largest absolute Gasteiger partial charge is 0.474 e. The molecule has 9 heteroatoms. The Labute approximate surface area is 185 Å². The van der Waals surface area contributed by atoms with Crippen LogP contribution in [0.15, 0.2) is 29.4 Å². The van der Waals surface area contributed by atoms with Crippen molar-refractivity contribution in [3.63, 3.8) is 0 Å². The van der Waals surface area contributed by atoms with Gasteiger partial charge in [0.2, 0.25) is 5.88 Å². The van der Waals surface area contributed by atoms with Crippen LogP contribution in [0.2, 0.25) is 0 Å². The third-order valence-electron chi connectivity index (χ3n) is 6.81. The van der Waals surface area contributed by atoms with Crippen LogP contribution in [0.25, 0.3) is 0 Å². The highest BCUT2D eigenvalue weighted by Crippen LogP contribution is 2.37. The third-order valence-corrected chi connectivity index (χ3v) is 9.07. The molecule has 2 unspecified atom stereocenters. The molecule has 1 aromatic heterocycles. The maximum absolute atomic E-state index is 12.5. The van der Waals surface area contributed by atoms with Gasteiger partial charge in [0.05, 0.1) is 15.7 Å². The molecule has 0 spiro atoms.